The van der Waals surface area contributed by atoms with Crippen molar-refractivity contribution in [2.45, 2.75) is 32.1 Å². The smallest absolute Gasteiger partial charge is 0.264 e. The second-order valence-electron chi connectivity index (χ2n) is 7.79. The first-order chi connectivity index (χ1) is 15.8. The van der Waals surface area contributed by atoms with E-state index >= 15 is 0 Å². The molecule has 0 saturated heterocycles. The third kappa shape index (κ3) is 6.35. The van der Waals surface area contributed by atoms with Gasteiger partial charge in [-0.3, -0.25) is 9.10 Å². The van der Waals surface area contributed by atoms with Gasteiger partial charge >= 0.3 is 0 Å². The van der Waals surface area contributed by atoms with Gasteiger partial charge in [0.05, 0.1) is 17.1 Å². The molecular formula is C26H30N2O4S. The standard InChI is InChI=1S/C26H30N2O4S/c1-4-22-11-13-23(14-12-22)28(33(30,31)25-8-6-5-7-9-25)19-26(29)27-16-17-32-24-15-10-20(2)21(3)18-24/h5-15,18H,4,16-17,19H2,1-3H3,(H,27,29). The van der Waals surface area contributed by atoms with Crippen LogP contribution in [0.4, 0.5) is 5.69 Å². The Kier molecular flexibility index (Phi) is 8.11. The number of aryl methyl sites for hydroxylation is 3. The molecule has 174 valence electrons. The van der Waals surface area contributed by atoms with Crippen LogP contribution in [0.1, 0.15) is 23.6 Å². The summed E-state index contributed by atoms with van der Waals surface area (Å²) in [5.74, 6) is 0.328. The number of hydrogen-bond donors (Lipinski definition) is 1. The average molecular weight is 467 g/mol. The van der Waals surface area contributed by atoms with Crippen LogP contribution < -0.4 is 14.4 Å². The molecule has 1 amide bonds. The lowest BCUT2D eigenvalue weighted by Gasteiger charge is -2.24. The Bertz CT molecular complexity index is 1180. The molecule has 0 aliphatic carbocycles. The molecule has 0 saturated carbocycles. The van der Waals surface area contributed by atoms with E-state index in [1.54, 1.807) is 30.3 Å². The van der Waals surface area contributed by atoms with E-state index in [1.165, 1.54) is 17.7 Å². The fraction of sp³-hybridized carbons (Fsp3) is 0.269. The molecule has 0 heterocycles. The van der Waals surface area contributed by atoms with E-state index in [-0.39, 0.29) is 24.6 Å². The summed E-state index contributed by atoms with van der Waals surface area (Å²) in [6, 6.07) is 21.2. The predicted octanol–water partition coefficient (Wildman–Crippen LogP) is 4.26. The quantitative estimate of drug-likeness (QED) is 0.453. The summed E-state index contributed by atoms with van der Waals surface area (Å²) in [6.07, 6.45) is 0.840. The van der Waals surface area contributed by atoms with Crippen molar-refractivity contribution in [1.29, 1.82) is 0 Å². The van der Waals surface area contributed by atoms with Crippen LogP contribution in [0.25, 0.3) is 0 Å². The third-order valence-electron chi connectivity index (χ3n) is 5.42. The Morgan fingerprint density at radius 2 is 1.64 bits per heavy atom. The van der Waals surface area contributed by atoms with Crippen LogP contribution in [0, 0.1) is 13.8 Å². The van der Waals surface area contributed by atoms with Crippen LogP contribution in [-0.2, 0) is 21.2 Å². The molecule has 0 unspecified atom stereocenters. The SMILES string of the molecule is CCc1ccc(N(CC(=O)NCCOc2ccc(C)c(C)c2)S(=O)(=O)c2ccccc2)cc1. The topological polar surface area (TPSA) is 75.7 Å². The monoisotopic (exact) mass is 466 g/mol. The Morgan fingerprint density at radius 3 is 2.27 bits per heavy atom. The summed E-state index contributed by atoms with van der Waals surface area (Å²) in [6.45, 7) is 6.29. The minimum atomic E-state index is -3.91. The van der Waals surface area contributed by atoms with Gasteiger partial charge in [0.2, 0.25) is 5.91 Å². The van der Waals surface area contributed by atoms with Gasteiger partial charge in [-0.15, -0.1) is 0 Å². The number of rotatable bonds is 10. The maximum absolute atomic E-state index is 13.3. The van der Waals surface area contributed by atoms with Crippen LogP contribution in [0.3, 0.4) is 0 Å². The molecule has 0 spiro atoms. The van der Waals surface area contributed by atoms with Crippen LogP contribution in [-0.4, -0.2) is 34.0 Å². The van der Waals surface area contributed by atoms with Gasteiger partial charge in [-0.2, -0.15) is 0 Å². The minimum Gasteiger partial charge on any atom is -0.492 e. The van der Waals surface area contributed by atoms with Gasteiger partial charge in [0.25, 0.3) is 10.0 Å². The molecule has 6 nitrogen and oxygen atoms in total. The van der Waals surface area contributed by atoms with E-state index in [9.17, 15) is 13.2 Å². The zero-order chi connectivity index (χ0) is 23.8. The molecule has 7 heteroatoms. The van der Waals surface area contributed by atoms with E-state index in [2.05, 4.69) is 5.32 Å². The molecule has 3 rings (SSSR count). The van der Waals surface area contributed by atoms with Crippen molar-refractivity contribution < 1.29 is 17.9 Å². The predicted molar refractivity (Wildman–Crippen MR) is 131 cm³/mol. The van der Waals surface area contributed by atoms with Crippen LogP contribution >= 0.6 is 0 Å². The molecule has 0 bridgehead atoms. The first kappa shape index (κ1) is 24.3. The fourth-order valence-electron chi connectivity index (χ4n) is 3.28. The van der Waals surface area contributed by atoms with Crippen molar-refractivity contribution in [2.75, 3.05) is 24.0 Å². The van der Waals surface area contributed by atoms with Crippen molar-refractivity contribution in [2.24, 2.45) is 0 Å². The van der Waals surface area contributed by atoms with Crippen molar-refractivity contribution in [1.82, 2.24) is 5.32 Å². The molecule has 3 aromatic rings. The Hall–Kier alpha value is -3.32. The normalized spacial score (nSPS) is 11.1. The number of nitrogens with one attached hydrogen (secondary N) is 1. The van der Waals surface area contributed by atoms with E-state index < -0.39 is 15.9 Å². The lowest BCUT2D eigenvalue weighted by molar-refractivity contribution is -0.119. The summed E-state index contributed by atoms with van der Waals surface area (Å²) in [5.41, 5.74) is 3.84. The first-order valence-electron chi connectivity index (χ1n) is 10.9. The highest BCUT2D eigenvalue weighted by atomic mass is 32.2. The summed E-state index contributed by atoms with van der Waals surface area (Å²) in [5, 5.41) is 2.76. The molecule has 0 atom stereocenters. The number of hydrogen-bond acceptors (Lipinski definition) is 4. The molecule has 0 aliphatic rings. The van der Waals surface area contributed by atoms with Gasteiger partial charge in [0, 0.05) is 0 Å². The summed E-state index contributed by atoms with van der Waals surface area (Å²) in [4.78, 5) is 12.8. The lowest BCUT2D eigenvalue weighted by Crippen LogP contribution is -2.41. The average Bonchev–Trinajstić information content (AvgIpc) is 2.83. The number of anilines is 1. The van der Waals surface area contributed by atoms with Gasteiger partial charge in [-0.1, -0.05) is 43.3 Å². The zero-order valence-electron chi connectivity index (χ0n) is 19.2. The number of ether oxygens (including phenoxy) is 1. The van der Waals surface area contributed by atoms with E-state index in [0.29, 0.717) is 5.69 Å². The summed E-state index contributed by atoms with van der Waals surface area (Å²) < 4.78 is 33.5. The number of carbonyl (C=O) groups is 1. The Balaban J connectivity index is 1.68. The van der Waals surface area contributed by atoms with Crippen molar-refractivity contribution in [3.63, 3.8) is 0 Å². The second-order valence-corrected chi connectivity index (χ2v) is 9.65. The highest BCUT2D eigenvalue weighted by molar-refractivity contribution is 7.92. The number of benzene rings is 3. The van der Waals surface area contributed by atoms with E-state index in [1.807, 2.05) is 51.1 Å². The van der Waals surface area contributed by atoms with Gasteiger partial charge in [0.1, 0.15) is 18.9 Å². The molecule has 0 aromatic heterocycles. The van der Waals surface area contributed by atoms with Crippen molar-refractivity contribution >= 4 is 21.6 Å². The highest BCUT2D eigenvalue weighted by Gasteiger charge is 2.27. The zero-order valence-corrected chi connectivity index (χ0v) is 20.1. The highest BCUT2D eigenvalue weighted by Crippen LogP contribution is 2.24. The summed E-state index contributed by atoms with van der Waals surface area (Å²) in [7, 11) is -3.91. The number of amides is 1. The van der Waals surface area contributed by atoms with Crippen molar-refractivity contribution in [3.05, 3.63) is 89.5 Å². The Morgan fingerprint density at radius 1 is 0.939 bits per heavy atom. The van der Waals surface area contributed by atoms with Gasteiger partial charge < -0.3 is 10.1 Å². The molecular weight excluding hydrogens is 436 g/mol. The first-order valence-corrected chi connectivity index (χ1v) is 12.4. The Labute approximate surface area is 196 Å². The maximum Gasteiger partial charge on any atom is 0.264 e. The number of sulfonamides is 1. The second kappa shape index (κ2) is 11.0. The maximum atomic E-state index is 13.3. The van der Waals surface area contributed by atoms with E-state index in [4.69, 9.17) is 4.74 Å². The van der Waals surface area contributed by atoms with Crippen molar-refractivity contribution in [3.8, 4) is 5.75 Å². The molecule has 33 heavy (non-hydrogen) atoms. The molecule has 0 radical (unpaired) electrons. The van der Waals surface area contributed by atoms with Crippen LogP contribution in [0.5, 0.6) is 5.75 Å². The lowest BCUT2D eigenvalue weighted by atomic mass is 10.1. The number of nitrogens with zero attached hydrogens (tertiary/aromatic N) is 1. The van der Waals surface area contributed by atoms with Gasteiger partial charge in [0.15, 0.2) is 0 Å². The molecule has 0 fully saturated rings. The third-order valence-corrected chi connectivity index (χ3v) is 7.21. The number of carbonyl (C=O) groups excluding carboxylic acids is 1. The fourth-order valence-corrected chi connectivity index (χ4v) is 4.72. The van der Waals surface area contributed by atoms with E-state index in [0.717, 1.165) is 27.6 Å². The minimum absolute atomic E-state index is 0.135. The summed E-state index contributed by atoms with van der Waals surface area (Å²) >= 11 is 0. The van der Waals surface area contributed by atoms with Gasteiger partial charge in [-0.25, -0.2) is 8.42 Å². The molecule has 3 aromatic carbocycles. The molecule has 0 aliphatic heterocycles. The van der Waals surface area contributed by atoms with Gasteiger partial charge in [-0.05, 0) is 73.4 Å². The largest absolute Gasteiger partial charge is 0.492 e. The molecule has 1 N–H and O–H groups in total. The van der Waals surface area contributed by atoms with Crippen LogP contribution in [0.15, 0.2) is 77.7 Å². The van der Waals surface area contributed by atoms with Crippen LogP contribution in [0.2, 0.25) is 0 Å².